The van der Waals surface area contributed by atoms with E-state index >= 15 is 0 Å². The Morgan fingerprint density at radius 1 is 1.00 bits per heavy atom. The molecule has 3 rings (SSSR count). The van der Waals surface area contributed by atoms with Gasteiger partial charge in [-0.2, -0.15) is 23.0 Å². The van der Waals surface area contributed by atoms with Crippen LogP contribution in [0.1, 0.15) is 0 Å². The lowest BCUT2D eigenvalue weighted by atomic mass is 10.4. The highest BCUT2D eigenvalue weighted by Crippen LogP contribution is 2.40. The molecule has 6 nitrogen and oxygen atoms in total. The fourth-order valence-corrected chi connectivity index (χ4v) is 4.27. The molecule has 0 amide bonds. The first-order valence-electron chi connectivity index (χ1n) is 7.09. The second kappa shape index (κ2) is 7.00. The molecule has 0 saturated heterocycles. The number of anilines is 1. The van der Waals surface area contributed by atoms with Crippen molar-refractivity contribution >= 4 is 27.6 Å². The number of hydrogen-bond donors (Lipinski definition) is 1. The molecule has 2 heterocycles. The van der Waals surface area contributed by atoms with E-state index in [-0.39, 0.29) is 5.82 Å². The quantitative estimate of drug-likeness (QED) is 0.661. The third-order valence-electron chi connectivity index (χ3n) is 3.11. The second-order valence-electron chi connectivity index (χ2n) is 4.92. The molecule has 0 aliphatic carbocycles. The van der Waals surface area contributed by atoms with Gasteiger partial charge in [-0.1, -0.05) is 18.2 Å². The molecule has 0 bridgehead atoms. The van der Waals surface area contributed by atoms with Gasteiger partial charge >= 0.3 is 5.51 Å². The molecule has 2 aromatic heterocycles. The van der Waals surface area contributed by atoms with E-state index < -0.39 is 37.1 Å². The average Bonchev–Trinajstić information content (AvgIpc) is 3.02. The standard InChI is InChI=1S/C15H11F3N4O2S2/c16-15(17,18)25-11-5-1-2-6-12(11)26(23,24)21-14-8-10-20-22(14)13-7-3-4-9-19-13/h1-10,21H. The molecule has 0 atom stereocenters. The SMILES string of the molecule is O=S(=O)(Nc1ccnn1-c1ccccn1)c1ccccc1SC(F)(F)F. The number of aromatic nitrogens is 3. The first kappa shape index (κ1) is 18.3. The molecular formula is C15H11F3N4O2S2. The highest BCUT2D eigenvalue weighted by atomic mass is 32.2. The van der Waals surface area contributed by atoms with Gasteiger partial charge in [0.2, 0.25) is 0 Å². The van der Waals surface area contributed by atoms with Crippen molar-refractivity contribution in [1.82, 2.24) is 14.8 Å². The number of nitrogens with zero attached hydrogens (tertiary/aromatic N) is 3. The van der Waals surface area contributed by atoms with Gasteiger partial charge in [0.05, 0.1) is 6.20 Å². The fraction of sp³-hybridized carbons (Fsp3) is 0.0667. The molecule has 26 heavy (non-hydrogen) atoms. The zero-order chi connectivity index (χ0) is 18.8. The summed E-state index contributed by atoms with van der Waals surface area (Å²) in [5.41, 5.74) is -4.61. The van der Waals surface area contributed by atoms with E-state index in [9.17, 15) is 21.6 Å². The molecular weight excluding hydrogens is 389 g/mol. The lowest BCUT2D eigenvalue weighted by molar-refractivity contribution is -0.0328. The number of thioether (sulfide) groups is 1. The number of nitrogens with one attached hydrogen (secondary N) is 1. The Morgan fingerprint density at radius 3 is 2.42 bits per heavy atom. The smallest absolute Gasteiger partial charge is 0.263 e. The van der Waals surface area contributed by atoms with Gasteiger partial charge in [-0.25, -0.2) is 13.4 Å². The Labute approximate surface area is 151 Å². The number of sulfonamides is 1. The van der Waals surface area contributed by atoms with E-state index in [0.717, 1.165) is 12.1 Å². The first-order valence-corrected chi connectivity index (χ1v) is 9.39. The Hall–Kier alpha value is -2.53. The van der Waals surface area contributed by atoms with Gasteiger partial charge in [0.25, 0.3) is 10.0 Å². The summed E-state index contributed by atoms with van der Waals surface area (Å²) in [5.74, 6) is 0.406. The molecule has 0 fully saturated rings. The third-order valence-corrected chi connectivity index (χ3v) is 5.46. The minimum absolute atomic E-state index is 0.0514. The normalized spacial score (nSPS) is 12.1. The van der Waals surface area contributed by atoms with Gasteiger partial charge in [0.1, 0.15) is 10.7 Å². The van der Waals surface area contributed by atoms with Crippen LogP contribution >= 0.6 is 11.8 Å². The van der Waals surface area contributed by atoms with Crippen LogP contribution in [-0.4, -0.2) is 28.7 Å². The molecule has 0 saturated carbocycles. The highest BCUT2D eigenvalue weighted by Gasteiger charge is 2.32. The highest BCUT2D eigenvalue weighted by molar-refractivity contribution is 8.01. The molecule has 0 unspecified atom stereocenters. The number of rotatable bonds is 5. The Bertz CT molecular complexity index is 1000. The maximum absolute atomic E-state index is 12.7. The minimum atomic E-state index is -4.61. The number of pyridine rings is 1. The van der Waals surface area contributed by atoms with Crippen LogP contribution in [-0.2, 0) is 10.0 Å². The lowest BCUT2D eigenvalue weighted by Gasteiger charge is -2.13. The summed E-state index contributed by atoms with van der Waals surface area (Å²) in [5, 5.41) is 3.99. The van der Waals surface area contributed by atoms with Crippen LogP contribution in [0.5, 0.6) is 0 Å². The van der Waals surface area contributed by atoms with Crippen LogP contribution in [0.3, 0.4) is 0 Å². The van der Waals surface area contributed by atoms with Gasteiger partial charge in [-0.15, -0.1) is 0 Å². The summed E-state index contributed by atoms with van der Waals surface area (Å²) in [4.78, 5) is 3.17. The topological polar surface area (TPSA) is 76.9 Å². The number of alkyl halides is 3. The van der Waals surface area contributed by atoms with Crippen LogP contribution < -0.4 is 4.72 Å². The number of benzene rings is 1. The largest absolute Gasteiger partial charge is 0.446 e. The molecule has 3 aromatic rings. The van der Waals surface area contributed by atoms with Crippen LogP contribution in [0, 0.1) is 0 Å². The van der Waals surface area contributed by atoms with Crippen LogP contribution in [0.2, 0.25) is 0 Å². The van der Waals surface area contributed by atoms with Crippen molar-refractivity contribution in [1.29, 1.82) is 0 Å². The molecule has 0 aliphatic rings. The van der Waals surface area contributed by atoms with Crippen LogP contribution in [0.4, 0.5) is 19.0 Å². The Kier molecular flexibility index (Phi) is 4.92. The van der Waals surface area contributed by atoms with Crippen LogP contribution in [0.25, 0.3) is 5.82 Å². The number of halogens is 3. The van der Waals surface area contributed by atoms with Crippen molar-refractivity contribution in [2.24, 2.45) is 0 Å². The van der Waals surface area contributed by atoms with Gasteiger partial charge in [-0.05, 0) is 36.0 Å². The van der Waals surface area contributed by atoms with E-state index in [1.165, 1.54) is 35.3 Å². The fourth-order valence-electron chi connectivity index (χ4n) is 2.12. The van der Waals surface area contributed by atoms with Crippen molar-refractivity contribution < 1.29 is 21.6 Å². The van der Waals surface area contributed by atoms with E-state index in [0.29, 0.717) is 5.82 Å². The molecule has 136 valence electrons. The maximum atomic E-state index is 12.7. The van der Waals surface area contributed by atoms with Gasteiger partial charge < -0.3 is 0 Å². The van der Waals surface area contributed by atoms with Crippen molar-refractivity contribution in [2.75, 3.05) is 4.72 Å². The summed E-state index contributed by atoms with van der Waals surface area (Å²) in [7, 11) is -4.28. The van der Waals surface area contributed by atoms with Gasteiger partial charge in [-0.3, -0.25) is 4.72 Å². The van der Waals surface area contributed by atoms with Crippen molar-refractivity contribution in [3.8, 4) is 5.82 Å². The predicted molar refractivity (Wildman–Crippen MR) is 90.5 cm³/mol. The molecule has 0 radical (unpaired) electrons. The van der Waals surface area contributed by atoms with E-state index in [2.05, 4.69) is 14.8 Å². The molecule has 0 aliphatic heterocycles. The van der Waals surface area contributed by atoms with E-state index in [1.54, 1.807) is 18.2 Å². The zero-order valence-electron chi connectivity index (χ0n) is 12.9. The summed E-state index contributed by atoms with van der Waals surface area (Å²) in [6.45, 7) is 0. The zero-order valence-corrected chi connectivity index (χ0v) is 14.5. The summed E-state index contributed by atoms with van der Waals surface area (Å²) >= 11 is -0.487. The van der Waals surface area contributed by atoms with E-state index in [1.807, 2.05) is 0 Å². The van der Waals surface area contributed by atoms with Crippen molar-refractivity contribution in [3.05, 3.63) is 60.9 Å². The van der Waals surface area contributed by atoms with Gasteiger partial charge in [0.15, 0.2) is 5.82 Å². The number of hydrogen-bond acceptors (Lipinski definition) is 5. The molecule has 1 aromatic carbocycles. The van der Waals surface area contributed by atoms with Crippen molar-refractivity contribution in [3.63, 3.8) is 0 Å². The van der Waals surface area contributed by atoms with Crippen molar-refractivity contribution in [2.45, 2.75) is 15.3 Å². The summed E-state index contributed by atoms with van der Waals surface area (Å²) < 4.78 is 66.9. The Morgan fingerprint density at radius 2 is 1.73 bits per heavy atom. The molecule has 0 spiro atoms. The summed E-state index contributed by atoms with van der Waals surface area (Å²) in [6.07, 6.45) is 2.85. The minimum Gasteiger partial charge on any atom is -0.263 e. The molecule has 11 heteroatoms. The monoisotopic (exact) mass is 400 g/mol. The predicted octanol–water partition coefficient (Wildman–Crippen LogP) is 3.68. The maximum Gasteiger partial charge on any atom is 0.446 e. The first-order chi connectivity index (χ1) is 12.3. The van der Waals surface area contributed by atoms with Gasteiger partial charge in [0, 0.05) is 17.2 Å². The summed E-state index contributed by atoms with van der Waals surface area (Å²) in [6, 6.07) is 11.3. The Balaban J connectivity index is 1.96. The molecule has 1 N–H and O–H groups in total. The van der Waals surface area contributed by atoms with E-state index in [4.69, 9.17) is 0 Å². The van der Waals surface area contributed by atoms with Crippen LogP contribution in [0.15, 0.2) is 70.7 Å². The third kappa shape index (κ3) is 4.17. The second-order valence-corrected chi connectivity index (χ2v) is 7.67. The lowest BCUT2D eigenvalue weighted by Crippen LogP contribution is -2.17. The average molecular weight is 400 g/mol.